The summed E-state index contributed by atoms with van der Waals surface area (Å²) in [5.41, 5.74) is 0.539. The van der Waals surface area contributed by atoms with Gasteiger partial charge >= 0.3 is 5.69 Å². The van der Waals surface area contributed by atoms with Crippen molar-refractivity contribution < 1.29 is 18.8 Å². The minimum absolute atomic E-state index is 0.0297. The van der Waals surface area contributed by atoms with Gasteiger partial charge in [0.2, 0.25) is 0 Å². The van der Waals surface area contributed by atoms with Crippen molar-refractivity contribution in [1.29, 1.82) is 0 Å². The molecule has 0 aliphatic heterocycles. The Morgan fingerprint density at radius 2 is 1.91 bits per heavy atom. The Morgan fingerprint density at radius 3 is 2.57 bits per heavy atom. The average Bonchev–Trinajstić information content (AvgIpc) is 2.53. The van der Waals surface area contributed by atoms with Crippen LogP contribution in [0.1, 0.15) is 18.5 Å². The molecule has 0 spiro atoms. The van der Waals surface area contributed by atoms with E-state index in [1.807, 2.05) is 0 Å². The number of amides is 1. The minimum atomic E-state index is -0.575. The van der Waals surface area contributed by atoms with E-state index >= 15 is 0 Å². The number of ether oxygens (including phenoxy) is 1. The molecule has 2 aromatic carbocycles. The molecule has 120 valence electrons. The molecule has 23 heavy (non-hydrogen) atoms. The van der Waals surface area contributed by atoms with Gasteiger partial charge < -0.3 is 10.1 Å². The van der Waals surface area contributed by atoms with Crippen LogP contribution in [-0.4, -0.2) is 17.4 Å². The smallest absolute Gasteiger partial charge is 0.310 e. The molecule has 0 fully saturated rings. The van der Waals surface area contributed by atoms with E-state index < -0.39 is 10.8 Å². The fourth-order valence-electron chi connectivity index (χ4n) is 1.99. The van der Waals surface area contributed by atoms with Crippen LogP contribution in [0.4, 0.5) is 10.1 Å². The third-order valence-electron chi connectivity index (χ3n) is 3.17. The Balaban J connectivity index is 1.93. The molecule has 0 saturated carbocycles. The Kier molecular flexibility index (Phi) is 5.24. The molecule has 0 radical (unpaired) electrons. The summed E-state index contributed by atoms with van der Waals surface area (Å²) in [6.45, 7) is 1.40. The van der Waals surface area contributed by atoms with Crippen molar-refractivity contribution in [2.45, 2.75) is 13.0 Å². The van der Waals surface area contributed by atoms with Crippen molar-refractivity contribution in [3.63, 3.8) is 0 Å². The van der Waals surface area contributed by atoms with Crippen molar-refractivity contribution in [2.75, 3.05) is 6.61 Å². The van der Waals surface area contributed by atoms with Gasteiger partial charge in [-0.3, -0.25) is 14.9 Å². The number of hydrogen-bond donors (Lipinski definition) is 1. The number of nitrogens with one attached hydrogen (secondary N) is 1. The molecule has 0 bridgehead atoms. The number of nitro benzene ring substituents is 1. The first-order valence-electron chi connectivity index (χ1n) is 6.88. The van der Waals surface area contributed by atoms with E-state index in [9.17, 15) is 19.3 Å². The molecular weight excluding hydrogens is 303 g/mol. The van der Waals surface area contributed by atoms with Gasteiger partial charge in [0.1, 0.15) is 5.82 Å². The summed E-state index contributed by atoms with van der Waals surface area (Å²) in [6.07, 6.45) is 0. The molecule has 1 unspecified atom stereocenters. The molecular formula is C16H15FN2O4. The second-order valence-electron chi connectivity index (χ2n) is 4.85. The molecule has 1 N–H and O–H groups in total. The van der Waals surface area contributed by atoms with E-state index in [2.05, 4.69) is 5.32 Å². The van der Waals surface area contributed by atoms with E-state index in [4.69, 9.17) is 4.74 Å². The molecule has 0 saturated heterocycles. The quantitative estimate of drug-likeness (QED) is 0.656. The lowest BCUT2D eigenvalue weighted by atomic mass is 10.1. The summed E-state index contributed by atoms with van der Waals surface area (Å²) < 4.78 is 18.1. The van der Waals surface area contributed by atoms with Crippen molar-refractivity contribution in [2.24, 2.45) is 0 Å². The van der Waals surface area contributed by atoms with E-state index in [0.29, 0.717) is 0 Å². The lowest BCUT2D eigenvalue weighted by molar-refractivity contribution is -0.385. The van der Waals surface area contributed by atoms with Gasteiger partial charge in [-0.15, -0.1) is 0 Å². The van der Waals surface area contributed by atoms with E-state index in [1.165, 1.54) is 30.3 Å². The van der Waals surface area contributed by atoms with Crippen LogP contribution in [0.2, 0.25) is 0 Å². The van der Waals surface area contributed by atoms with Gasteiger partial charge in [0.25, 0.3) is 5.91 Å². The summed E-state index contributed by atoms with van der Waals surface area (Å²) >= 11 is 0. The van der Waals surface area contributed by atoms with Gasteiger partial charge in [0, 0.05) is 6.07 Å². The Labute approximate surface area is 132 Å². The van der Waals surface area contributed by atoms with Crippen LogP contribution in [-0.2, 0) is 4.79 Å². The average molecular weight is 318 g/mol. The number of hydrogen-bond acceptors (Lipinski definition) is 4. The van der Waals surface area contributed by atoms with Crippen LogP contribution in [0.3, 0.4) is 0 Å². The lowest BCUT2D eigenvalue weighted by Crippen LogP contribution is -2.31. The summed E-state index contributed by atoms with van der Waals surface area (Å²) in [7, 11) is 0. The highest BCUT2D eigenvalue weighted by atomic mass is 19.1. The number of nitro groups is 1. The zero-order chi connectivity index (χ0) is 16.8. The molecule has 0 aliphatic carbocycles. The number of para-hydroxylation sites is 2. The highest BCUT2D eigenvalue weighted by Gasteiger charge is 2.16. The molecule has 1 atom stereocenters. The van der Waals surface area contributed by atoms with Gasteiger partial charge in [-0.1, -0.05) is 24.3 Å². The molecule has 7 heteroatoms. The van der Waals surface area contributed by atoms with Gasteiger partial charge in [-0.25, -0.2) is 4.39 Å². The zero-order valence-electron chi connectivity index (χ0n) is 12.4. The first-order chi connectivity index (χ1) is 11.0. The zero-order valence-corrected chi connectivity index (χ0v) is 12.4. The summed E-state index contributed by atoms with van der Waals surface area (Å²) in [6, 6.07) is 11.2. The van der Waals surface area contributed by atoms with Crippen LogP contribution >= 0.6 is 0 Å². The third-order valence-corrected chi connectivity index (χ3v) is 3.17. The lowest BCUT2D eigenvalue weighted by Gasteiger charge is -2.14. The molecule has 2 aromatic rings. The van der Waals surface area contributed by atoms with Gasteiger partial charge in [-0.05, 0) is 30.7 Å². The maximum atomic E-state index is 12.9. The summed E-state index contributed by atoms with van der Waals surface area (Å²) in [5, 5.41) is 13.5. The second-order valence-corrected chi connectivity index (χ2v) is 4.85. The topological polar surface area (TPSA) is 81.5 Å². The van der Waals surface area contributed by atoms with Crippen molar-refractivity contribution in [3.05, 3.63) is 70.0 Å². The van der Waals surface area contributed by atoms with Gasteiger partial charge in [0.15, 0.2) is 12.4 Å². The number of carbonyl (C=O) groups excluding carboxylic acids is 1. The first kappa shape index (κ1) is 16.4. The third kappa shape index (κ3) is 4.50. The molecule has 0 aromatic heterocycles. The molecule has 0 aliphatic rings. The fraction of sp³-hybridized carbons (Fsp3) is 0.188. The maximum absolute atomic E-state index is 12.9. The second kappa shape index (κ2) is 7.35. The van der Waals surface area contributed by atoms with Crippen LogP contribution in [0, 0.1) is 15.9 Å². The number of halogens is 1. The summed E-state index contributed by atoms with van der Waals surface area (Å²) in [5.74, 6) is -0.756. The number of carbonyl (C=O) groups is 1. The Hall–Kier alpha value is -2.96. The maximum Gasteiger partial charge on any atom is 0.310 e. The highest BCUT2D eigenvalue weighted by Crippen LogP contribution is 2.25. The van der Waals surface area contributed by atoms with Crippen LogP contribution in [0.25, 0.3) is 0 Å². The van der Waals surface area contributed by atoms with Crippen LogP contribution in [0.15, 0.2) is 48.5 Å². The first-order valence-corrected chi connectivity index (χ1v) is 6.88. The number of benzene rings is 2. The Morgan fingerprint density at radius 1 is 1.26 bits per heavy atom. The number of rotatable bonds is 6. The van der Waals surface area contributed by atoms with E-state index in [-0.39, 0.29) is 29.9 Å². The monoisotopic (exact) mass is 318 g/mol. The predicted octanol–water partition coefficient (Wildman–Crippen LogP) is 2.99. The predicted molar refractivity (Wildman–Crippen MR) is 81.5 cm³/mol. The fourth-order valence-corrected chi connectivity index (χ4v) is 1.99. The largest absolute Gasteiger partial charge is 0.477 e. The van der Waals surface area contributed by atoms with Crippen molar-refractivity contribution in [1.82, 2.24) is 5.32 Å². The molecule has 2 rings (SSSR count). The SMILES string of the molecule is CC(NC(=O)COc1ccccc1[N+](=O)[O-])c1ccc(F)cc1. The van der Waals surface area contributed by atoms with Gasteiger partial charge in [-0.2, -0.15) is 0 Å². The van der Waals surface area contributed by atoms with E-state index in [1.54, 1.807) is 25.1 Å². The number of nitrogens with zero attached hydrogens (tertiary/aromatic N) is 1. The summed E-state index contributed by atoms with van der Waals surface area (Å²) in [4.78, 5) is 22.1. The minimum Gasteiger partial charge on any atom is -0.477 e. The highest BCUT2D eigenvalue weighted by molar-refractivity contribution is 5.78. The van der Waals surface area contributed by atoms with Crippen LogP contribution < -0.4 is 10.1 Å². The van der Waals surface area contributed by atoms with Gasteiger partial charge in [0.05, 0.1) is 11.0 Å². The van der Waals surface area contributed by atoms with Crippen molar-refractivity contribution >= 4 is 11.6 Å². The van der Waals surface area contributed by atoms with E-state index in [0.717, 1.165) is 5.56 Å². The van der Waals surface area contributed by atoms with Crippen LogP contribution in [0.5, 0.6) is 5.75 Å². The van der Waals surface area contributed by atoms with Crippen molar-refractivity contribution in [3.8, 4) is 5.75 Å². The standard InChI is InChI=1S/C16H15FN2O4/c1-11(12-6-8-13(17)9-7-12)18-16(20)10-23-15-5-3-2-4-14(15)19(21)22/h2-9,11H,10H2,1H3,(H,18,20). The Bertz CT molecular complexity index is 703. The molecule has 6 nitrogen and oxygen atoms in total. The normalized spacial score (nSPS) is 11.6. The molecule has 0 heterocycles. The molecule has 1 amide bonds.